The van der Waals surface area contributed by atoms with Crippen molar-refractivity contribution in [3.63, 3.8) is 0 Å². The first kappa shape index (κ1) is 18.0. The number of rotatable bonds is 8. The highest BCUT2D eigenvalue weighted by Crippen LogP contribution is 2.24. The van der Waals surface area contributed by atoms with Gasteiger partial charge in [0.05, 0.1) is 0 Å². The van der Waals surface area contributed by atoms with Crippen LogP contribution in [0.5, 0.6) is 0 Å². The van der Waals surface area contributed by atoms with Crippen LogP contribution >= 0.6 is 24.0 Å². The molecule has 1 saturated carbocycles. The summed E-state index contributed by atoms with van der Waals surface area (Å²) < 4.78 is 0. The number of nitrogens with zero attached hydrogens (tertiary/aromatic N) is 2. The lowest BCUT2D eigenvalue weighted by molar-refractivity contribution is 0.485. The van der Waals surface area contributed by atoms with Gasteiger partial charge in [0.25, 0.3) is 0 Å². The number of unbranched alkanes of at least 4 members (excludes halogenated alkanes) is 3. The van der Waals surface area contributed by atoms with Crippen molar-refractivity contribution in [1.82, 2.24) is 4.90 Å². The molecule has 1 aliphatic rings. The molecule has 4 heteroatoms. The van der Waals surface area contributed by atoms with Gasteiger partial charge in [-0.25, -0.2) is 0 Å². The van der Waals surface area contributed by atoms with Crippen LogP contribution in [-0.4, -0.2) is 30.5 Å². The number of halogens is 1. The van der Waals surface area contributed by atoms with E-state index in [4.69, 9.17) is 5.73 Å². The van der Waals surface area contributed by atoms with Gasteiger partial charge < -0.3 is 10.6 Å². The molecular weight excluding hydrogens is 337 g/mol. The standard InChI is InChI=1S/C14H29N3.HI/c1-12(2)8-6-4-5-7-11-16-14(15)17(3)13-9-10-13;/h12-13H,4-11H2,1-3H3,(H2,15,16);1H. The van der Waals surface area contributed by atoms with Crippen molar-refractivity contribution in [2.45, 2.75) is 64.8 Å². The Hall–Kier alpha value is 0. The first-order chi connectivity index (χ1) is 8.11. The highest BCUT2D eigenvalue weighted by Gasteiger charge is 2.27. The Morgan fingerprint density at radius 1 is 1.22 bits per heavy atom. The second-order valence-electron chi connectivity index (χ2n) is 5.68. The van der Waals surface area contributed by atoms with Crippen molar-refractivity contribution < 1.29 is 0 Å². The van der Waals surface area contributed by atoms with Gasteiger partial charge in [-0.3, -0.25) is 4.99 Å². The molecule has 0 heterocycles. The Morgan fingerprint density at radius 3 is 2.39 bits per heavy atom. The fourth-order valence-electron chi connectivity index (χ4n) is 1.97. The highest BCUT2D eigenvalue weighted by atomic mass is 127. The molecule has 0 aromatic carbocycles. The number of hydrogen-bond donors (Lipinski definition) is 1. The van der Waals surface area contributed by atoms with Gasteiger partial charge in [-0.15, -0.1) is 24.0 Å². The number of hydrogen-bond acceptors (Lipinski definition) is 1. The van der Waals surface area contributed by atoms with E-state index >= 15 is 0 Å². The van der Waals surface area contributed by atoms with Crippen LogP contribution in [0.2, 0.25) is 0 Å². The van der Waals surface area contributed by atoms with Crippen LogP contribution < -0.4 is 5.73 Å². The van der Waals surface area contributed by atoms with Crippen LogP contribution in [0.4, 0.5) is 0 Å². The third-order valence-corrected chi connectivity index (χ3v) is 3.42. The van der Waals surface area contributed by atoms with Crippen molar-refractivity contribution in [3.8, 4) is 0 Å². The maximum Gasteiger partial charge on any atom is 0.191 e. The smallest absolute Gasteiger partial charge is 0.191 e. The van der Waals surface area contributed by atoms with Crippen LogP contribution in [0, 0.1) is 5.92 Å². The molecule has 0 aliphatic heterocycles. The summed E-state index contributed by atoms with van der Waals surface area (Å²) in [4.78, 5) is 6.56. The lowest BCUT2D eigenvalue weighted by Gasteiger charge is -2.16. The molecule has 0 atom stereocenters. The zero-order valence-electron chi connectivity index (χ0n) is 12.2. The molecule has 1 rings (SSSR count). The Kier molecular flexibility index (Phi) is 9.87. The molecule has 1 aliphatic carbocycles. The maximum absolute atomic E-state index is 5.91. The Balaban J connectivity index is 0.00000289. The molecule has 0 saturated heterocycles. The predicted octanol–water partition coefficient (Wildman–Crippen LogP) is 3.62. The summed E-state index contributed by atoms with van der Waals surface area (Å²) in [5.74, 6) is 1.57. The van der Waals surface area contributed by atoms with Crippen LogP contribution in [0.15, 0.2) is 4.99 Å². The summed E-state index contributed by atoms with van der Waals surface area (Å²) in [6, 6.07) is 0.671. The SMILES string of the molecule is CC(C)CCCCCCN=C(N)N(C)C1CC1.I. The molecule has 0 bridgehead atoms. The number of aliphatic imine (C=N–C) groups is 1. The van der Waals surface area contributed by atoms with Crippen LogP contribution in [-0.2, 0) is 0 Å². The van der Waals surface area contributed by atoms with E-state index in [0.717, 1.165) is 18.4 Å². The average Bonchev–Trinajstić information content (AvgIpc) is 3.09. The molecule has 0 amide bonds. The molecule has 108 valence electrons. The number of nitrogens with two attached hydrogens (primary N) is 1. The van der Waals surface area contributed by atoms with Crippen molar-refractivity contribution in [2.24, 2.45) is 16.6 Å². The first-order valence-corrected chi connectivity index (χ1v) is 7.14. The Bertz CT molecular complexity index is 237. The minimum absolute atomic E-state index is 0. The van der Waals surface area contributed by atoms with E-state index in [9.17, 15) is 0 Å². The largest absolute Gasteiger partial charge is 0.370 e. The third-order valence-electron chi connectivity index (χ3n) is 3.42. The second kappa shape index (κ2) is 9.87. The topological polar surface area (TPSA) is 41.6 Å². The van der Waals surface area contributed by atoms with Gasteiger partial charge in [-0.05, 0) is 25.2 Å². The van der Waals surface area contributed by atoms with E-state index in [1.54, 1.807) is 0 Å². The second-order valence-corrected chi connectivity index (χ2v) is 5.68. The summed E-state index contributed by atoms with van der Waals surface area (Å²) >= 11 is 0. The van der Waals surface area contributed by atoms with E-state index < -0.39 is 0 Å². The van der Waals surface area contributed by atoms with Gasteiger partial charge in [0, 0.05) is 19.6 Å². The normalized spacial score (nSPS) is 15.7. The van der Waals surface area contributed by atoms with Crippen LogP contribution in [0.3, 0.4) is 0 Å². The summed E-state index contributed by atoms with van der Waals surface area (Å²) in [6.07, 6.45) is 9.08. The summed E-state index contributed by atoms with van der Waals surface area (Å²) in [7, 11) is 2.05. The fraction of sp³-hybridized carbons (Fsp3) is 0.929. The van der Waals surface area contributed by atoms with E-state index in [1.807, 2.05) is 0 Å². The molecule has 0 aromatic heterocycles. The van der Waals surface area contributed by atoms with Crippen LogP contribution in [0.25, 0.3) is 0 Å². The third kappa shape index (κ3) is 8.16. The summed E-state index contributed by atoms with van der Waals surface area (Å²) in [6.45, 7) is 5.47. The van der Waals surface area contributed by atoms with E-state index in [-0.39, 0.29) is 24.0 Å². The van der Waals surface area contributed by atoms with Gasteiger partial charge in [0.15, 0.2) is 5.96 Å². The highest BCUT2D eigenvalue weighted by molar-refractivity contribution is 14.0. The molecule has 0 radical (unpaired) electrons. The molecule has 1 fully saturated rings. The Morgan fingerprint density at radius 2 is 1.83 bits per heavy atom. The van der Waals surface area contributed by atoms with E-state index in [1.165, 1.54) is 44.9 Å². The van der Waals surface area contributed by atoms with E-state index in [0.29, 0.717) is 6.04 Å². The predicted molar refractivity (Wildman–Crippen MR) is 90.6 cm³/mol. The molecule has 0 spiro atoms. The van der Waals surface area contributed by atoms with Gasteiger partial charge in [-0.2, -0.15) is 0 Å². The quantitative estimate of drug-likeness (QED) is 0.308. The van der Waals surface area contributed by atoms with Gasteiger partial charge in [-0.1, -0.05) is 39.5 Å². The zero-order chi connectivity index (χ0) is 12.7. The molecule has 18 heavy (non-hydrogen) atoms. The molecule has 2 N–H and O–H groups in total. The van der Waals surface area contributed by atoms with Gasteiger partial charge in [0.1, 0.15) is 0 Å². The first-order valence-electron chi connectivity index (χ1n) is 7.14. The van der Waals surface area contributed by atoms with Crippen molar-refractivity contribution in [2.75, 3.05) is 13.6 Å². The van der Waals surface area contributed by atoms with Gasteiger partial charge >= 0.3 is 0 Å². The van der Waals surface area contributed by atoms with Crippen molar-refractivity contribution in [1.29, 1.82) is 0 Å². The fourth-order valence-corrected chi connectivity index (χ4v) is 1.97. The maximum atomic E-state index is 5.91. The number of guanidine groups is 1. The van der Waals surface area contributed by atoms with Crippen molar-refractivity contribution in [3.05, 3.63) is 0 Å². The Labute approximate surface area is 130 Å². The van der Waals surface area contributed by atoms with Gasteiger partial charge in [0.2, 0.25) is 0 Å². The molecule has 0 aromatic rings. The lowest BCUT2D eigenvalue weighted by Crippen LogP contribution is -2.35. The van der Waals surface area contributed by atoms with E-state index in [2.05, 4.69) is 30.8 Å². The minimum atomic E-state index is 0. The molecular formula is C14H30IN3. The van der Waals surface area contributed by atoms with Crippen molar-refractivity contribution >= 4 is 29.9 Å². The summed E-state index contributed by atoms with van der Waals surface area (Å²) in [5.41, 5.74) is 5.91. The molecule has 0 unspecified atom stereocenters. The zero-order valence-corrected chi connectivity index (χ0v) is 14.5. The lowest BCUT2D eigenvalue weighted by atomic mass is 10.0. The van der Waals surface area contributed by atoms with Crippen LogP contribution in [0.1, 0.15) is 58.8 Å². The minimum Gasteiger partial charge on any atom is -0.370 e. The monoisotopic (exact) mass is 367 g/mol. The average molecular weight is 367 g/mol. The summed E-state index contributed by atoms with van der Waals surface area (Å²) in [5, 5.41) is 0. The molecule has 3 nitrogen and oxygen atoms in total.